The SMILES string of the molecule is COc1cccc(OC)c1/C(=C/C(=N)C(=O)NC1(C(=O)O)C2CC3CC(C2)CC1C3)Nc1ccc(NCC(=O)COCCOCCNC(=O)CN2CCN(CC(=O)O)CCN(CC(=O)O)CCN(CC(=O)O)CC2)cc1C(C)C. The number of nitrogens with zero attached hydrogens (tertiary/aromatic N) is 4. The lowest BCUT2D eigenvalue weighted by Gasteiger charge is -2.59. The van der Waals surface area contributed by atoms with Crippen LogP contribution in [0.4, 0.5) is 11.4 Å². The molecule has 2 aromatic carbocycles. The first-order valence-corrected chi connectivity index (χ1v) is 27.0. The van der Waals surface area contributed by atoms with Gasteiger partial charge in [0.25, 0.3) is 5.91 Å². The predicted octanol–water partition coefficient (Wildman–Crippen LogP) is 2.30. The van der Waals surface area contributed by atoms with E-state index in [0.29, 0.717) is 59.1 Å². The van der Waals surface area contributed by atoms with Gasteiger partial charge in [0.15, 0.2) is 5.78 Å². The molecular formula is C55H79N9O15. The smallest absolute Gasteiger partial charge is 0.330 e. The van der Waals surface area contributed by atoms with E-state index in [1.807, 2.05) is 30.9 Å². The van der Waals surface area contributed by atoms with E-state index in [2.05, 4.69) is 21.3 Å². The highest BCUT2D eigenvalue weighted by molar-refractivity contribution is 6.43. The molecule has 1 heterocycles. The van der Waals surface area contributed by atoms with Crippen LogP contribution in [-0.4, -0.2) is 225 Å². The van der Waals surface area contributed by atoms with Crippen LogP contribution in [0.5, 0.6) is 11.5 Å². The summed E-state index contributed by atoms with van der Waals surface area (Å²) >= 11 is 0. The maximum atomic E-state index is 14.0. The quantitative estimate of drug-likeness (QED) is 0.0417. The highest BCUT2D eigenvalue weighted by Gasteiger charge is 2.62. The number of benzene rings is 2. The van der Waals surface area contributed by atoms with Crippen LogP contribution in [0.3, 0.4) is 0 Å². The molecule has 434 valence electrons. The minimum absolute atomic E-state index is 0.0300. The molecule has 2 aromatic rings. The molecule has 4 saturated carbocycles. The van der Waals surface area contributed by atoms with Crippen molar-refractivity contribution in [2.45, 2.75) is 57.4 Å². The zero-order valence-electron chi connectivity index (χ0n) is 45.8. The lowest BCUT2D eigenvalue weighted by molar-refractivity contribution is -0.166. The van der Waals surface area contributed by atoms with Gasteiger partial charge in [-0.25, -0.2) is 4.79 Å². The van der Waals surface area contributed by atoms with Gasteiger partial charge in [-0.3, -0.25) is 53.8 Å². The zero-order valence-corrected chi connectivity index (χ0v) is 45.8. The summed E-state index contributed by atoms with van der Waals surface area (Å²) in [7, 11) is 3.01. The van der Waals surface area contributed by atoms with Crippen molar-refractivity contribution in [1.29, 1.82) is 5.41 Å². The Morgan fingerprint density at radius 3 is 1.68 bits per heavy atom. The molecule has 5 aliphatic rings. The molecule has 0 spiro atoms. The molecule has 0 aromatic heterocycles. The van der Waals surface area contributed by atoms with Crippen molar-refractivity contribution in [2.24, 2.45) is 23.7 Å². The average Bonchev–Trinajstić information content (AvgIpc) is 3.57. The van der Waals surface area contributed by atoms with Gasteiger partial charge in [0.2, 0.25) is 5.91 Å². The number of ether oxygens (including phenoxy) is 4. The van der Waals surface area contributed by atoms with Crippen molar-refractivity contribution in [3.05, 3.63) is 53.6 Å². The fraction of sp³-hybridized carbons (Fsp3) is 0.600. The zero-order chi connectivity index (χ0) is 57.2. The monoisotopic (exact) mass is 1110 g/mol. The minimum Gasteiger partial charge on any atom is -0.496 e. The van der Waals surface area contributed by atoms with E-state index in [4.69, 9.17) is 24.4 Å². The molecule has 5 fully saturated rings. The van der Waals surface area contributed by atoms with E-state index in [9.17, 15) is 54.0 Å². The molecule has 24 heteroatoms. The summed E-state index contributed by atoms with van der Waals surface area (Å²) in [6.45, 7) is 5.83. The summed E-state index contributed by atoms with van der Waals surface area (Å²) in [4.78, 5) is 94.5. The Balaban J connectivity index is 0.973. The molecule has 2 amide bonds. The predicted molar refractivity (Wildman–Crippen MR) is 292 cm³/mol. The number of amides is 2. The summed E-state index contributed by atoms with van der Waals surface area (Å²) in [6.07, 6.45) is 5.47. The second-order valence-electron chi connectivity index (χ2n) is 21.2. The van der Waals surface area contributed by atoms with E-state index in [1.54, 1.807) is 39.0 Å². The number of carbonyl (C=O) groups is 7. The number of nitrogens with one attached hydrogen (secondary N) is 5. The number of carboxylic acids is 4. The van der Waals surface area contributed by atoms with E-state index in [0.717, 1.165) is 37.7 Å². The van der Waals surface area contributed by atoms with Crippen molar-refractivity contribution < 1.29 is 72.9 Å². The Labute approximate surface area is 460 Å². The summed E-state index contributed by atoms with van der Waals surface area (Å²) < 4.78 is 22.7. The summed E-state index contributed by atoms with van der Waals surface area (Å²) in [5.41, 5.74) is 1.01. The molecule has 0 atom stereocenters. The van der Waals surface area contributed by atoms with Crippen LogP contribution in [0.25, 0.3) is 5.70 Å². The molecular weight excluding hydrogens is 1030 g/mol. The molecule has 9 N–H and O–H groups in total. The number of aliphatic carboxylic acids is 4. The number of carboxylic acid groups (broad SMARTS) is 4. The van der Waals surface area contributed by atoms with Crippen LogP contribution < -0.4 is 30.7 Å². The molecule has 7 rings (SSSR count). The number of Topliss-reactive ketones (excluding diaryl/α,β-unsaturated/α-hetero) is 1. The standard InChI is InChI=1S/C55H79N9O15/c1-35(2)42-27-40(8-9-44(42)59-45(52-46(76-3)6-5-7-47(52)77-4)28-43(56)53(73)60-55(54(74)75)38-23-36-22-37(25-38)26-39(55)24-36)58-29-41(65)34-79-21-20-78-19-10-57-48(66)30-61-11-13-62(31-49(67)68)15-17-64(33-51(71)72)18-16-63(14-12-61)32-50(69)70/h5-9,27-28,35-39,56,58-59H,10-26,29-34H2,1-4H3,(H,57,66)(H,60,73)(H,67,68)(H,69,70)(H,71,72)(H,74,75)/b45-28-,56-43?. The summed E-state index contributed by atoms with van der Waals surface area (Å²) in [6, 6.07) is 10.7. The van der Waals surface area contributed by atoms with Gasteiger partial charge in [-0.15, -0.1) is 0 Å². The highest BCUT2D eigenvalue weighted by Crippen LogP contribution is 2.58. The van der Waals surface area contributed by atoms with Crippen molar-refractivity contribution in [3.63, 3.8) is 0 Å². The number of hydrogen-bond acceptors (Lipinski definition) is 18. The minimum atomic E-state index is -1.44. The van der Waals surface area contributed by atoms with E-state index in [1.165, 1.54) is 20.3 Å². The molecule has 79 heavy (non-hydrogen) atoms. The van der Waals surface area contributed by atoms with Gasteiger partial charge in [-0.2, -0.15) is 0 Å². The Morgan fingerprint density at radius 1 is 0.696 bits per heavy atom. The molecule has 1 aliphatic heterocycles. The normalized spacial score (nSPS) is 22.3. The first-order valence-electron chi connectivity index (χ1n) is 27.0. The van der Waals surface area contributed by atoms with Gasteiger partial charge < -0.3 is 60.6 Å². The van der Waals surface area contributed by atoms with Crippen LogP contribution in [0.1, 0.15) is 63.0 Å². The van der Waals surface area contributed by atoms with Crippen LogP contribution >= 0.6 is 0 Å². The number of rotatable bonds is 29. The van der Waals surface area contributed by atoms with Gasteiger partial charge >= 0.3 is 23.9 Å². The molecule has 24 nitrogen and oxygen atoms in total. The molecule has 4 bridgehead atoms. The first kappa shape index (κ1) is 61.5. The largest absolute Gasteiger partial charge is 0.496 e. The second-order valence-corrected chi connectivity index (χ2v) is 21.2. The lowest BCUT2D eigenvalue weighted by atomic mass is 9.48. The molecule has 4 aliphatic carbocycles. The topological polar surface area (TPSA) is 322 Å². The van der Waals surface area contributed by atoms with E-state index < -0.39 is 41.0 Å². The number of carbonyl (C=O) groups excluding carboxylic acids is 3. The van der Waals surface area contributed by atoms with E-state index >= 15 is 0 Å². The van der Waals surface area contributed by atoms with Crippen molar-refractivity contribution in [2.75, 3.05) is 143 Å². The first-order chi connectivity index (χ1) is 37.8. The fourth-order valence-electron chi connectivity index (χ4n) is 11.7. The maximum Gasteiger partial charge on any atom is 0.330 e. The second kappa shape index (κ2) is 29.5. The maximum absolute atomic E-state index is 14.0. The number of ketones is 1. The summed E-state index contributed by atoms with van der Waals surface area (Å²) in [5.74, 6) is -4.17. The lowest BCUT2D eigenvalue weighted by Crippen LogP contribution is -2.70. The Hall–Kier alpha value is -6.70. The van der Waals surface area contributed by atoms with Gasteiger partial charge in [-0.1, -0.05) is 19.9 Å². The molecule has 0 unspecified atom stereocenters. The highest BCUT2D eigenvalue weighted by atomic mass is 16.5. The van der Waals surface area contributed by atoms with Crippen LogP contribution in [0.15, 0.2) is 42.5 Å². The average molecular weight is 1110 g/mol. The molecule has 0 radical (unpaired) electrons. The Morgan fingerprint density at radius 2 is 1.20 bits per heavy atom. The fourth-order valence-corrected chi connectivity index (χ4v) is 11.7. The van der Waals surface area contributed by atoms with Crippen molar-refractivity contribution in [1.82, 2.24) is 30.2 Å². The van der Waals surface area contributed by atoms with Crippen LogP contribution in [-0.2, 0) is 43.0 Å². The Kier molecular flexibility index (Phi) is 23.0. The van der Waals surface area contributed by atoms with Crippen molar-refractivity contribution in [3.8, 4) is 11.5 Å². The van der Waals surface area contributed by atoms with Crippen LogP contribution in [0.2, 0.25) is 0 Å². The summed E-state index contributed by atoms with van der Waals surface area (Å²) in [5, 5.41) is 60.4. The molecule has 1 saturated heterocycles. The number of hydrogen-bond donors (Lipinski definition) is 9. The number of anilines is 2. The van der Waals surface area contributed by atoms with Gasteiger partial charge in [0.05, 0.1) is 78.0 Å². The van der Waals surface area contributed by atoms with Gasteiger partial charge in [-0.05, 0) is 104 Å². The van der Waals surface area contributed by atoms with Crippen molar-refractivity contribution >= 4 is 64.3 Å². The van der Waals surface area contributed by atoms with Gasteiger partial charge in [0, 0.05) is 70.3 Å². The third-order valence-corrected chi connectivity index (χ3v) is 15.3. The van der Waals surface area contributed by atoms with Crippen LogP contribution in [0, 0.1) is 29.1 Å². The Bertz CT molecular complexity index is 2440. The number of methoxy groups -OCH3 is 2. The third kappa shape index (κ3) is 17.6. The van der Waals surface area contributed by atoms with Gasteiger partial charge in [0.1, 0.15) is 29.4 Å². The van der Waals surface area contributed by atoms with E-state index in [-0.39, 0.29) is 134 Å². The third-order valence-electron chi connectivity index (χ3n) is 15.3.